The van der Waals surface area contributed by atoms with Gasteiger partial charge in [-0.25, -0.2) is 0 Å². The fourth-order valence-electron chi connectivity index (χ4n) is 3.68. The highest BCUT2D eigenvalue weighted by Crippen LogP contribution is 2.27. The minimum Gasteiger partial charge on any atom is -0.497 e. The number of piperidine rings is 1. The Bertz CT molecular complexity index is 943. The van der Waals surface area contributed by atoms with Crippen molar-refractivity contribution in [2.75, 3.05) is 20.2 Å². The van der Waals surface area contributed by atoms with Crippen LogP contribution in [0.5, 0.6) is 5.75 Å². The lowest BCUT2D eigenvalue weighted by Gasteiger charge is -2.26. The summed E-state index contributed by atoms with van der Waals surface area (Å²) in [6.45, 7) is 2.27. The van der Waals surface area contributed by atoms with E-state index in [1.807, 2.05) is 58.2 Å². The summed E-state index contributed by atoms with van der Waals surface area (Å²) in [5.41, 5.74) is 3.42. The molecule has 4 rings (SSSR count). The van der Waals surface area contributed by atoms with E-state index in [0.717, 1.165) is 42.8 Å². The van der Waals surface area contributed by atoms with Gasteiger partial charge in [0.2, 0.25) is 0 Å². The van der Waals surface area contributed by atoms with E-state index in [4.69, 9.17) is 9.84 Å². The number of methoxy groups -OCH3 is 1. The molecule has 1 aliphatic rings. The molecule has 1 fully saturated rings. The number of nitrogens with zero attached hydrogens (tertiary/aromatic N) is 3. The van der Waals surface area contributed by atoms with E-state index < -0.39 is 0 Å². The maximum Gasteiger partial charge on any atom is 0.257 e. The summed E-state index contributed by atoms with van der Waals surface area (Å²) in [6.07, 6.45) is 5.22. The number of likely N-dealkylation sites (tertiary alicyclic amines) is 1. The molecular formula is C23H25N3O2. The van der Waals surface area contributed by atoms with Gasteiger partial charge < -0.3 is 9.64 Å². The first-order valence-electron chi connectivity index (χ1n) is 9.79. The molecule has 144 valence electrons. The fraction of sp³-hybridized carbons (Fsp3) is 0.304. The van der Waals surface area contributed by atoms with E-state index in [0.29, 0.717) is 17.8 Å². The SMILES string of the molecule is COc1cccc(-c2nn(Cc3ccccc3)cc2C(=O)N2CCCCC2)c1. The Morgan fingerprint density at radius 1 is 1.04 bits per heavy atom. The number of carbonyl (C=O) groups is 1. The van der Waals surface area contributed by atoms with Gasteiger partial charge in [0, 0.05) is 24.8 Å². The normalized spacial score (nSPS) is 14.1. The molecule has 28 heavy (non-hydrogen) atoms. The number of hydrogen-bond acceptors (Lipinski definition) is 3. The first kappa shape index (κ1) is 18.3. The maximum absolute atomic E-state index is 13.3. The third-order valence-electron chi connectivity index (χ3n) is 5.17. The molecule has 1 amide bonds. The van der Waals surface area contributed by atoms with Crippen LogP contribution in [0.2, 0.25) is 0 Å². The van der Waals surface area contributed by atoms with Crippen LogP contribution >= 0.6 is 0 Å². The van der Waals surface area contributed by atoms with Gasteiger partial charge in [0.25, 0.3) is 5.91 Å². The van der Waals surface area contributed by atoms with Crippen LogP contribution < -0.4 is 4.74 Å². The zero-order chi connectivity index (χ0) is 19.3. The molecule has 0 atom stereocenters. The van der Waals surface area contributed by atoms with Gasteiger partial charge in [0.1, 0.15) is 11.4 Å². The van der Waals surface area contributed by atoms with E-state index in [1.54, 1.807) is 7.11 Å². The molecule has 0 aliphatic carbocycles. The van der Waals surface area contributed by atoms with Gasteiger partial charge >= 0.3 is 0 Å². The van der Waals surface area contributed by atoms with E-state index in [1.165, 1.54) is 6.42 Å². The minimum absolute atomic E-state index is 0.0665. The largest absolute Gasteiger partial charge is 0.497 e. The van der Waals surface area contributed by atoms with E-state index in [-0.39, 0.29) is 5.91 Å². The van der Waals surface area contributed by atoms with Crippen molar-refractivity contribution in [1.29, 1.82) is 0 Å². The zero-order valence-electron chi connectivity index (χ0n) is 16.2. The molecule has 0 bridgehead atoms. The fourth-order valence-corrected chi connectivity index (χ4v) is 3.68. The van der Waals surface area contributed by atoms with Crippen molar-refractivity contribution in [3.63, 3.8) is 0 Å². The lowest BCUT2D eigenvalue weighted by atomic mass is 10.1. The van der Waals surface area contributed by atoms with Crippen molar-refractivity contribution >= 4 is 5.91 Å². The third kappa shape index (κ3) is 3.93. The highest BCUT2D eigenvalue weighted by molar-refractivity contribution is 6.00. The zero-order valence-corrected chi connectivity index (χ0v) is 16.2. The summed E-state index contributed by atoms with van der Waals surface area (Å²) in [5, 5.41) is 4.78. The quantitative estimate of drug-likeness (QED) is 0.670. The van der Waals surface area contributed by atoms with E-state index >= 15 is 0 Å². The summed E-state index contributed by atoms with van der Waals surface area (Å²) in [6, 6.07) is 17.9. The molecule has 1 aliphatic heterocycles. The van der Waals surface area contributed by atoms with Crippen LogP contribution in [0.25, 0.3) is 11.3 Å². The summed E-state index contributed by atoms with van der Waals surface area (Å²) in [7, 11) is 1.65. The Morgan fingerprint density at radius 3 is 2.57 bits per heavy atom. The number of amides is 1. The van der Waals surface area contributed by atoms with Crippen molar-refractivity contribution in [1.82, 2.24) is 14.7 Å². The smallest absolute Gasteiger partial charge is 0.257 e. The van der Waals surface area contributed by atoms with Crippen LogP contribution in [0.15, 0.2) is 60.8 Å². The molecule has 2 heterocycles. The van der Waals surface area contributed by atoms with Crippen LogP contribution in [-0.2, 0) is 6.54 Å². The van der Waals surface area contributed by atoms with Gasteiger partial charge in [-0.05, 0) is 37.0 Å². The predicted octanol–water partition coefficient (Wildman–Crippen LogP) is 4.23. The monoisotopic (exact) mass is 375 g/mol. The number of benzene rings is 2. The van der Waals surface area contributed by atoms with Crippen molar-refractivity contribution in [3.8, 4) is 17.0 Å². The van der Waals surface area contributed by atoms with Crippen LogP contribution in [0.1, 0.15) is 35.2 Å². The van der Waals surface area contributed by atoms with Crippen molar-refractivity contribution in [2.45, 2.75) is 25.8 Å². The highest BCUT2D eigenvalue weighted by atomic mass is 16.5. The van der Waals surface area contributed by atoms with Crippen LogP contribution in [0, 0.1) is 0 Å². The molecule has 1 saturated heterocycles. The molecule has 3 aromatic rings. The maximum atomic E-state index is 13.3. The summed E-state index contributed by atoms with van der Waals surface area (Å²) < 4.78 is 7.23. The Balaban J connectivity index is 1.72. The molecule has 0 unspecified atom stereocenters. The first-order chi connectivity index (χ1) is 13.7. The third-order valence-corrected chi connectivity index (χ3v) is 5.17. The molecule has 5 nitrogen and oxygen atoms in total. The number of rotatable bonds is 5. The second-order valence-electron chi connectivity index (χ2n) is 7.16. The average molecular weight is 375 g/mol. The van der Waals surface area contributed by atoms with Crippen molar-refractivity contribution in [3.05, 3.63) is 71.9 Å². The number of aromatic nitrogens is 2. The number of hydrogen-bond donors (Lipinski definition) is 0. The number of ether oxygens (including phenoxy) is 1. The molecule has 0 radical (unpaired) electrons. The van der Waals surface area contributed by atoms with Crippen molar-refractivity contribution in [2.24, 2.45) is 0 Å². The Labute approximate surface area is 165 Å². The summed E-state index contributed by atoms with van der Waals surface area (Å²) >= 11 is 0. The topological polar surface area (TPSA) is 47.4 Å². The van der Waals surface area contributed by atoms with Gasteiger partial charge in [-0.1, -0.05) is 42.5 Å². The standard InChI is InChI=1S/C23H25N3O2/c1-28-20-12-8-11-19(15-20)22-21(23(27)25-13-6-3-7-14-25)17-26(24-22)16-18-9-4-2-5-10-18/h2,4-5,8-12,15,17H,3,6-7,13-14,16H2,1H3. The van der Waals surface area contributed by atoms with Crippen LogP contribution in [0.3, 0.4) is 0 Å². The molecule has 1 aromatic heterocycles. The average Bonchev–Trinajstić information content (AvgIpc) is 3.18. The second kappa shape index (κ2) is 8.30. The van der Waals surface area contributed by atoms with Gasteiger partial charge in [-0.2, -0.15) is 5.10 Å². The van der Waals surface area contributed by atoms with Crippen molar-refractivity contribution < 1.29 is 9.53 Å². The Hall–Kier alpha value is -3.08. The molecular weight excluding hydrogens is 350 g/mol. The Kier molecular flexibility index (Phi) is 5.42. The highest BCUT2D eigenvalue weighted by Gasteiger charge is 2.24. The first-order valence-corrected chi connectivity index (χ1v) is 9.79. The van der Waals surface area contributed by atoms with Gasteiger partial charge in [0.15, 0.2) is 0 Å². The van der Waals surface area contributed by atoms with E-state index in [2.05, 4.69) is 12.1 Å². The lowest BCUT2D eigenvalue weighted by molar-refractivity contribution is 0.0725. The summed E-state index contributed by atoms with van der Waals surface area (Å²) in [4.78, 5) is 15.2. The van der Waals surface area contributed by atoms with Gasteiger partial charge in [0.05, 0.1) is 19.2 Å². The minimum atomic E-state index is 0.0665. The number of carbonyl (C=O) groups excluding carboxylic acids is 1. The summed E-state index contributed by atoms with van der Waals surface area (Å²) in [5.74, 6) is 0.823. The second-order valence-corrected chi connectivity index (χ2v) is 7.16. The lowest BCUT2D eigenvalue weighted by Crippen LogP contribution is -2.35. The predicted molar refractivity (Wildman–Crippen MR) is 110 cm³/mol. The molecule has 2 aromatic carbocycles. The van der Waals surface area contributed by atoms with Gasteiger partial charge in [-0.15, -0.1) is 0 Å². The van der Waals surface area contributed by atoms with Crippen LogP contribution in [0.4, 0.5) is 0 Å². The molecule has 0 N–H and O–H groups in total. The Morgan fingerprint density at radius 2 is 1.82 bits per heavy atom. The molecule has 0 saturated carbocycles. The molecule has 0 spiro atoms. The van der Waals surface area contributed by atoms with Crippen LogP contribution in [-0.4, -0.2) is 40.8 Å². The van der Waals surface area contributed by atoms with E-state index in [9.17, 15) is 4.79 Å². The van der Waals surface area contributed by atoms with Gasteiger partial charge in [-0.3, -0.25) is 9.48 Å². The molecule has 5 heteroatoms.